The first-order chi connectivity index (χ1) is 10.2. The first-order valence-electron chi connectivity index (χ1n) is 6.52. The second kappa shape index (κ2) is 5.70. The average molecular weight is 366 g/mol. The van der Waals surface area contributed by atoms with Crippen molar-refractivity contribution < 1.29 is 4.74 Å². The summed E-state index contributed by atoms with van der Waals surface area (Å²) >= 11 is 9.72. The molecule has 0 atom stereocenters. The van der Waals surface area contributed by atoms with E-state index in [1.54, 1.807) is 7.11 Å². The molecule has 0 saturated carbocycles. The van der Waals surface area contributed by atoms with Crippen molar-refractivity contribution in [1.82, 2.24) is 9.55 Å². The van der Waals surface area contributed by atoms with Crippen LogP contribution in [0.5, 0.6) is 5.75 Å². The van der Waals surface area contributed by atoms with Crippen LogP contribution >= 0.6 is 27.5 Å². The van der Waals surface area contributed by atoms with Crippen molar-refractivity contribution in [1.29, 1.82) is 0 Å². The Hall–Kier alpha value is -1.52. The van der Waals surface area contributed by atoms with E-state index in [0.29, 0.717) is 5.88 Å². The van der Waals surface area contributed by atoms with E-state index in [1.807, 2.05) is 24.3 Å². The summed E-state index contributed by atoms with van der Waals surface area (Å²) in [6.07, 6.45) is 0. The van der Waals surface area contributed by atoms with Gasteiger partial charge in [-0.25, -0.2) is 4.98 Å². The van der Waals surface area contributed by atoms with Gasteiger partial charge in [-0.05, 0) is 52.7 Å². The fourth-order valence-electron chi connectivity index (χ4n) is 2.44. The predicted molar refractivity (Wildman–Crippen MR) is 89.6 cm³/mol. The highest BCUT2D eigenvalue weighted by molar-refractivity contribution is 9.10. The van der Waals surface area contributed by atoms with Crippen LogP contribution in [-0.2, 0) is 5.88 Å². The van der Waals surface area contributed by atoms with Gasteiger partial charge in [0, 0.05) is 4.47 Å². The Morgan fingerprint density at radius 1 is 1.29 bits per heavy atom. The highest BCUT2D eigenvalue weighted by atomic mass is 79.9. The Morgan fingerprint density at radius 2 is 2.10 bits per heavy atom. The maximum absolute atomic E-state index is 6.10. The number of methoxy groups -OCH3 is 1. The van der Waals surface area contributed by atoms with Crippen molar-refractivity contribution in [3.05, 3.63) is 52.3 Å². The largest absolute Gasteiger partial charge is 0.494 e. The minimum atomic E-state index is 0.332. The molecule has 0 spiro atoms. The molecule has 0 N–H and O–H groups in total. The molecule has 1 aromatic heterocycles. The Labute approximate surface area is 136 Å². The molecule has 3 rings (SSSR count). The lowest BCUT2D eigenvalue weighted by atomic mass is 10.2. The first kappa shape index (κ1) is 14.4. The van der Waals surface area contributed by atoms with Gasteiger partial charge < -0.3 is 4.74 Å². The Bertz CT molecular complexity index is 813. The number of halogens is 2. The van der Waals surface area contributed by atoms with Gasteiger partial charge >= 0.3 is 0 Å². The zero-order valence-electron chi connectivity index (χ0n) is 11.7. The van der Waals surface area contributed by atoms with Crippen LogP contribution in [-0.4, -0.2) is 16.7 Å². The zero-order valence-corrected chi connectivity index (χ0v) is 14.1. The number of aromatic nitrogens is 2. The standard InChI is InChI=1S/C16H14BrClN2O/c1-10-6-7-11(17)13(8-10)20-12-4-3-5-14(21-2)16(12)19-15(20)9-18/h3-8H,9H2,1-2H3. The monoisotopic (exact) mass is 364 g/mol. The van der Waals surface area contributed by atoms with Crippen molar-refractivity contribution in [2.24, 2.45) is 0 Å². The van der Waals surface area contributed by atoms with Gasteiger partial charge in [0.25, 0.3) is 0 Å². The van der Waals surface area contributed by atoms with Crippen LogP contribution in [0.25, 0.3) is 16.7 Å². The van der Waals surface area contributed by atoms with Gasteiger partial charge in [0.05, 0.1) is 24.2 Å². The summed E-state index contributed by atoms with van der Waals surface area (Å²) < 4.78 is 8.47. The summed E-state index contributed by atoms with van der Waals surface area (Å²) in [5.41, 5.74) is 4.01. The molecule has 0 bridgehead atoms. The van der Waals surface area contributed by atoms with Crippen LogP contribution in [0, 0.1) is 6.92 Å². The van der Waals surface area contributed by atoms with Crippen molar-refractivity contribution in [3.8, 4) is 11.4 Å². The average Bonchev–Trinajstić information content (AvgIpc) is 2.88. The molecule has 5 heteroatoms. The highest BCUT2D eigenvalue weighted by Gasteiger charge is 2.16. The maximum Gasteiger partial charge on any atom is 0.146 e. The number of hydrogen-bond acceptors (Lipinski definition) is 2. The van der Waals surface area contributed by atoms with Crippen LogP contribution in [0.1, 0.15) is 11.4 Å². The van der Waals surface area contributed by atoms with Gasteiger partial charge in [-0.15, -0.1) is 11.6 Å². The van der Waals surface area contributed by atoms with Crippen LogP contribution in [0.4, 0.5) is 0 Å². The van der Waals surface area contributed by atoms with Gasteiger partial charge in [0.15, 0.2) is 0 Å². The molecule has 1 heterocycles. The van der Waals surface area contributed by atoms with Gasteiger partial charge in [-0.1, -0.05) is 12.1 Å². The number of para-hydroxylation sites is 1. The minimum Gasteiger partial charge on any atom is -0.494 e. The number of aryl methyl sites for hydroxylation is 1. The SMILES string of the molecule is COc1cccc2c1nc(CCl)n2-c1cc(C)ccc1Br. The normalized spacial score (nSPS) is 11.0. The van der Waals surface area contributed by atoms with E-state index in [2.05, 4.69) is 44.5 Å². The van der Waals surface area contributed by atoms with Crippen molar-refractivity contribution in [2.75, 3.05) is 7.11 Å². The van der Waals surface area contributed by atoms with E-state index < -0.39 is 0 Å². The molecule has 3 aromatic rings. The number of nitrogens with zero attached hydrogens (tertiary/aromatic N) is 2. The smallest absolute Gasteiger partial charge is 0.146 e. The summed E-state index contributed by atoms with van der Waals surface area (Å²) in [4.78, 5) is 4.63. The molecular weight excluding hydrogens is 352 g/mol. The summed E-state index contributed by atoms with van der Waals surface area (Å²) in [7, 11) is 1.65. The second-order valence-corrected chi connectivity index (χ2v) is 5.90. The molecule has 0 saturated heterocycles. The van der Waals surface area contributed by atoms with Gasteiger partial charge in [-0.3, -0.25) is 4.57 Å². The molecule has 0 fully saturated rings. The summed E-state index contributed by atoms with van der Waals surface area (Å²) in [6.45, 7) is 2.07. The van der Waals surface area contributed by atoms with E-state index >= 15 is 0 Å². The molecule has 108 valence electrons. The lowest BCUT2D eigenvalue weighted by Crippen LogP contribution is -2.00. The molecule has 0 aliphatic heterocycles. The minimum absolute atomic E-state index is 0.332. The molecule has 0 amide bonds. The molecule has 0 unspecified atom stereocenters. The second-order valence-electron chi connectivity index (χ2n) is 4.78. The van der Waals surface area contributed by atoms with Crippen molar-refractivity contribution in [3.63, 3.8) is 0 Å². The Kier molecular flexibility index (Phi) is 3.91. The van der Waals surface area contributed by atoms with Crippen LogP contribution in [0.3, 0.4) is 0 Å². The lowest BCUT2D eigenvalue weighted by molar-refractivity contribution is 0.419. The van der Waals surface area contributed by atoms with E-state index in [4.69, 9.17) is 16.3 Å². The lowest BCUT2D eigenvalue weighted by Gasteiger charge is -2.11. The molecule has 0 radical (unpaired) electrons. The van der Waals surface area contributed by atoms with E-state index in [0.717, 1.165) is 32.8 Å². The Morgan fingerprint density at radius 3 is 2.81 bits per heavy atom. The fourth-order valence-corrected chi connectivity index (χ4v) is 3.04. The summed E-state index contributed by atoms with van der Waals surface area (Å²) in [5, 5.41) is 0. The number of ether oxygens (including phenoxy) is 1. The number of imidazole rings is 1. The zero-order chi connectivity index (χ0) is 15.0. The van der Waals surface area contributed by atoms with E-state index in [1.165, 1.54) is 5.56 Å². The third-order valence-electron chi connectivity index (χ3n) is 3.40. The third-order valence-corrected chi connectivity index (χ3v) is 4.31. The van der Waals surface area contributed by atoms with Crippen LogP contribution in [0.15, 0.2) is 40.9 Å². The summed E-state index contributed by atoms with van der Waals surface area (Å²) in [5.74, 6) is 1.88. The molecular formula is C16H14BrClN2O. The summed E-state index contributed by atoms with van der Waals surface area (Å²) in [6, 6.07) is 12.1. The fraction of sp³-hybridized carbons (Fsp3) is 0.188. The molecule has 0 aliphatic carbocycles. The van der Waals surface area contributed by atoms with E-state index in [-0.39, 0.29) is 0 Å². The van der Waals surface area contributed by atoms with Crippen molar-refractivity contribution >= 4 is 38.6 Å². The van der Waals surface area contributed by atoms with Gasteiger partial charge in [-0.2, -0.15) is 0 Å². The predicted octanol–water partition coefficient (Wildman–Crippen LogP) is 4.84. The maximum atomic E-state index is 6.10. The van der Waals surface area contributed by atoms with Crippen LogP contribution in [0.2, 0.25) is 0 Å². The van der Waals surface area contributed by atoms with Gasteiger partial charge in [0.1, 0.15) is 17.1 Å². The molecule has 2 aromatic carbocycles. The highest BCUT2D eigenvalue weighted by Crippen LogP contribution is 2.32. The van der Waals surface area contributed by atoms with Crippen molar-refractivity contribution in [2.45, 2.75) is 12.8 Å². The molecule has 21 heavy (non-hydrogen) atoms. The topological polar surface area (TPSA) is 27.1 Å². The number of rotatable bonds is 3. The van der Waals surface area contributed by atoms with Gasteiger partial charge in [0.2, 0.25) is 0 Å². The third kappa shape index (κ3) is 2.43. The number of hydrogen-bond donors (Lipinski definition) is 0. The number of alkyl halides is 1. The quantitative estimate of drug-likeness (QED) is 0.621. The molecule has 3 nitrogen and oxygen atoms in total. The van der Waals surface area contributed by atoms with Crippen LogP contribution < -0.4 is 4.74 Å². The number of benzene rings is 2. The molecule has 0 aliphatic rings. The Balaban J connectivity index is 2.38. The first-order valence-corrected chi connectivity index (χ1v) is 7.85. The number of fused-ring (bicyclic) bond motifs is 1. The van der Waals surface area contributed by atoms with E-state index in [9.17, 15) is 0 Å².